The van der Waals surface area contributed by atoms with Crippen LogP contribution in [0.15, 0.2) is 48.5 Å². The minimum Gasteiger partial charge on any atom is -0.508 e. The molecule has 2 heterocycles. The molecule has 1 amide bonds. The number of likely N-dealkylation sites (tertiary alicyclic amines) is 2. The van der Waals surface area contributed by atoms with E-state index >= 15 is 0 Å². The molecule has 4 nitrogen and oxygen atoms in total. The Morgan fingerprint density at radius 3 is 2.41 bits per heavy atom. The second-order valence-corrected chi connectivity index (χ2v) is 7.97. The fourth-order valence-electron chi connectivity index (χ4n) is 4.38. The molecule has 0 aliphatic carbocycles. The molecule has 2 aliphatic rings. The van der Waals surface area contributed by atoms with Gasteiger partial charge in [0.1, 0.15) is 5.75 Å². The summed E-state index contributed by atoms with van der Waals surface area (Å²) in [6, 6.07) is 15.4. The van der Waals surface area contributed by atoms with Gasteiger partial charge in [0.2, 0.25) is 5.91 Å². The van der Waals surface area contributed by atoms with Crippen LogP contribution in [0.4, 0.5) is 0 Å². The summed E-state index contributed by atoms with van der Waals surface area (Å²) in [5, 5.41) is 10.3. The van der Waals surface area contributed by atoms with Crippen molar-refractivity contribution in [1.82, 2.24) is 9.80 Å². The summed E-state index contributed by atoms with van der Waals surface area (Å²) in [4.78, 5) is 17.5. The lowest BCUT2D eigenvalue weighted by Crippen LogP contribution is -2.45. The van der Waals surface area contributed by atoms with Gasteiger partial charge in [-0.15, -0.1) is 0 Å². The molecule has 1 N–H and O–H groups in total. The first kappa shape index (κ1) is 18.3. The first-order chi connectivity index (χ1) is 13.1. The molecule has 2 aromatic rings. The number of carbonyl (C=O) groups is 1. The van der Waals surface area contributed by atoms with Crippen molar-refractivity contribution in [2.45, 2.75) is 44.3 Å². The summed E-state index contributed by atoms with van der Waals surface area (Å²) in [7, 11) is 0. The van der Waals surface area contributed by atoms with Gasteiger partial charge in [-0.3, -0.25) is 9.69 Å². The Morgan fingerprint density at radius 2 is 1.67 bits per heavy atom. The normalized spacial score (nSPS) is 23.7. The zero-order chi connectivity index (χ0) is 18.8. The number of benzene rings is 2. The predicted octanol–water partition coefficient (Wildman–Crippen LogP) is 4.37. The highest BCUT2D eigenvalue weighted by Crippen LogP contribution is 2.36. The highest BCUT2D eigenvalue weighted by atomic mass is 35.5. The van der Waals surface area contributed by atoms with E-state index in [0.717, 1.165) is 42.9 Å². The molecule has 5 heteroatoms. The molecule has 4 rings (SSSR count). The number of piperidine rings is 1. The third-order valence-corrected chi connectivity index (χ3v) is 6.03. The maximum atomic E-state index is 13.1. The van der Waals surface area contributed by atoms with Crippen molar-refractivity contribution in [3.05, 3.63) is 64.7 Å². The van der Waals surface area contributed by atoms with Crippen molar-refractivity contribution in [3.63, 3.8) is 0 Å². The Hall–Kier alpha value is -2.04. The molecule has 2 unspecified atom stereocenters. The van der Waals surface area contributed by atoms with E-state index in [0.29, 0.717) is 6.54 Å². The van der Waals surface area contributed by atoms with E-state index in [1.165, 1.54) is 12.0 Å². The van der Waals surface area contributed by atoms with Crippen LogP contribution < -0.4 is 0 Å². The molecular formula is C22H25ClN2O2. The number of carbonyl (C=O) groups excluding carboxylic acids is 1. The van der Waals surface area contributed by atoms with Gasteiger partial charge in [0, 0.05) is 24.2 Å². The average molecular weight is 385 g/mol. The Balaban J connectivity index is 1.48. The number of hydrogen-bond donors (Lipinski definition) is 1. The van der Waals surface area contributed by atoms with E-state index in [2.05, 4.69) is 4.90 Å². The van der Waals surface area contributed by atoms with Gasteiger partial charge in [-0.25, -0.2) is 0 Å². The minimum atomic E-state index is -0.0450. The second kappa shape index (κ2) is 7.91. The van der Waals surface area contributed by atoms with Crippen LogP contribution in [0.5, 0.6) is 5.75 Å². The van der Waals surface area contributed by atoms with Crippen molar-refractivity contribution in [2.75, 3.05) is 13.1 Å². The van der Waals surface area contributed by atoms with Crippen LogP contribution in [0.1, 0.15) is 42.9 Å². The van der Waals surface area contributed by atoms with Gasteiger partial charge < -0.3 is 10.0 Å². The van der Waals surface area contributed by atoms with Crippen molar-refractivity contribution in [1.29, 1.82) is 0 Å². The summed E-state index contributed by atoms with van der Waals surface area (Å²) in [6.45, 7) is 2.39. The van der Waals surface area contributed by atoms with Crippen LogP contribution in [0.25, 0.3) is 0 Å². The Kier molecular flexibility index (Phi) is 5.37. The smallest absolute Gasteiger partial charge is 0.240 e. The summed E-state index contributed by atoms with van der Waals surface area (Å²) < 4.78 is 0. The van der Waals surface area contributed by atoms with E-state index in [-0.39, 0.29) is 23.7 Å². The third kappa shape index (κ3) is 3.97. The molecule has 2 aromatic carbocycles. The van der Waals surface area contributed by atoms with Gasteiger partial charge >= 0.3 is 0 Å². The quantitative estimate of drug-likeness (QED) is 0.851. The number of nitrogens with zero attached hydrogens (tertiary/aromatic N) is 2. The highest BCUT2D eigenvalue weighted by molar-refractivity contribution is 6.30. The number of phenols is 1. The SMILES string of the molecule is O=C1C(N2CCCCC2c2ccc(O)cc2)CCN1Cc1ccc(Cl)cc1. The molecular weight excluding hydrogens is 360 g/mol. The van der Waals surface area contributed by atoms with Gasteiger partial charge in [-0.2, -0.15) is 0 Å². The maximum Gasteiger partial charge on any atom is 0.240 e. The van der Waals surface area contributed by atoms with Crippen LogP contribution in [-0.4, -0.2) is 39.9 Å². The molecule has 27 heavy (non-hydrogen) atoms. The number of amides is 1. The van der Waals surface area contributed by atoms with Crippen LogP contribution in [0.3, 0.4) is 0 Å². The average Bonchev–Trinajstić information content (AvgIpc) is 3.04. The topological polar surface area (TPSA) is 43.8 Å². The third-order valence-electron chi connectivity index (χ3n) is 5.78. The standard InChI is InChI=1S/C22H25ClN2O2/c23-18-8-4-16(5-9-18)15-24-14-12-21(22(24)27)25-13-2-1-3-20(25)17-6-10-19(26)11-7-17/h4-11,20-21,26H,1-3,12-15H2. The molecule has 142 valence electrons. The van der Waals surface area contributed by atoms with Crippen LogP contribution in [-0.2, 0) is 11.3 Å². The summed E-state index contributed by atoms with van der Waals surface area (Å²) >= 11 is 5.96. The summed E-state index contributed by atoms with van der Waals surface area (Å²) in [6.07, 6.45) is 4.25. The van der Waals surface area contributed by atoms with Crippen molar-refractivity contribution in [2.24, 2.45) is 0 Å². The van der Waals surface area contributed by atoms with E-state index in [1.807, 2.05) is 41.3 Å². The van der Waals surface area contributed by atoms with Gasteiger partial charge in [-0.1, -0.05) is 42.3 Å². The van der Waals surface area contributed by atoms with E-state index in [9.17, 15) is 9.90 Å². The lowest BCUT2D eigenvalue weighted by atomic mass is 9.93. The van der Waals surface area contributed by atoms with E-state index < -0.39 is 0 Å². The van der Waals surface area contributed by atoms with Gasteiger partial charge in [0.25, 0.3) is 0 Å². The molecule has 2 atom stereocenters. The molecule has 0 bridgehead atoms. The largest absolute Gasteiger partial charge is 0.508 e. The van der Waals surface area contributed by atoms with Gasteiger partial charge in [0.15, 0.2) is 0 Å². The number of halogens is 1. The van der Waals surface area contributed by atoms with Crippen LogP contribution in [0.2, 0.25) is 5.02 Å². The fourth-order valence-corrected chi connectivity index (χ4v) is 4.50. The molecule has 0 aromatic heterocycles. The highest BCUT2D eigenvalue weighted by Gasteiger charge is 2.40. The van der Waals surface area contributed by atoms with Gasteiger partial charge in [0.05, 0.1) is 6.04 Å². The second-order valence-electron chi connectivity index (χ2n) is 7.53. The summed E-state index contributed by atoms with van der Waals surface area (Å²) in [5.74, 6) is 0.517. The van der Waals surface area contributed by atoms with Crippen molar-refractivity contribution < 1.29 is 9.90 Å². The first-order valence-electron chi connectivity index (χ1n) is 9.70. The fraction of sp³-hybridized carbons (Fsp3) is 0.409. The number of hydrogen-bond acceptors (Lipinski definition) is 3. The van der Waals surface area contributed by atoms with Crippen molar-refractivity contribution in [3.8, 4) is 5.75 Å². The van der Waals surface area contributed by atoms with E-state index in [4.69, 9.17) is 11.6 Å². The zero-order valence-corrected chi connectivity index (χ0v) is 16.1. The van der Waals surface area contributed by atoms with Gasteiger partial charge in [-0.05, 0) is 61.2 Å². The number of phenolic OH excluding ortho intramolecular Hbond substituents is 1. The lowest BCUT2D eigenvalue weighted by molar-refractivity contribution is -0.134. The Bertz CT molecular complexity index is 791. The zero-order valence-electron chi connectivity index (χ0n) is 15.4. The van der Waals surface area contributed by atoms with E-state index in [1.54, 1.807) is 12.1 Å². The maximum absolute atomic E-state index is 13.1. The first-order valence-corrected chi connectivity index (χ1v) is 10.1. The predicted molar refractivity (Wildman–Crippen MR) is 107 cm³/mol. The summed E-state index contributed by atoms with van der Waals surface area (Å²) in [5.41, 5.74) is 2.30. The molecule has 2 aliphatic heterocycles. The minimum absolute atomic E-state index is 0.0450. The van der Waals surface area contributed by atoms with Crippen LogP contribution >= 0.6 is 11.6 Å². The number of aromatic hydroxyl groups is 1. The van der Waals surface area contributed by atoms with Crippen molar-refractivity contribution >= 4 is 17.5 Å². The monoisotopic (exact) mass is 384 g/mol. The lowest BCUT2D eigenvalue weighted by Gasteiger charge is -2.39. The van der Waals surface area contributed by atoms with Crippen LogP contribution in [0, 0.1) is 0 Å². The molecule has 0 radical (unpaired) electrons. The molecule has 0 spiro atoms. The Morgan fingerprint density at radius 1 is 0.926 bits per heavy atom. The number of rotatable bonds is 4. The molecule has 0 saturated carbocycles. The molecule has 2 saturated heterocycles. The molecule has 2 fully saturated rings. The Labute approximate surface area is 165 Å².